The van der Waals surface area contributed by atoms with Gasteiger partial charge in [-0.1, -0.05) is 42.0 Å². The molecule has 2 aromatic rings. The molecule has 1 amide bonds. The molecule has 7 heteroatoms. The Morgan fingerprint density at radius 3 is 2.15 bits per heavy atom. The van der Waals surface area contributed by atoms with Crippen molar-refractivity contribution in [2.24, 2.45) is 0 Å². The van der Waals surface area contributed by atoms with Gasteiger partial charge in [-0.05, 0) is 30.2 Å². The highest BCUT2D eigenvalue weighted by Crippen LogP contribution is 2.19. The molecule has 0 aliphatic carbocycles. The van der Waals surface area contributed by atoms with Crippen molar-refractivity contribution < 1.29 is 22.7 Å². The Kier molecular flexibility index (Phi) is 6.74. The third-order valence-electron chi connectivity index (χ3n) is 4.03. The summed E-state index contributed by atoms with van der Waals surface area (Å²) in [4.78, 5) is 24.3. The second-order valence-corrected chi connectivity index (χ2v) is 8.62. The molecule has 0 radical (unpaired) electrons. The Morgan fingerprint density at radius 1 is 1.04 bits per heavy atom. The van der Waals surface area contributed by atoms with Crippen molar-refractivity contribution in [2.75, 3.05) is 13.4 Å². The predicted octanol–water partition coefficient (Wildman–Crippen LogP) is 2.57. The van der Waals surface area contributed by atoms with Gasteiger partial charge in [0.05, 0.1) is 25.3 Å². The molecule has 6 nitrogen and oxygen atoms in total. The van der Waals surface area contributed by atoms with Gasteiger partial charge in [0.25, 0.3) is 5.91 Å². The summed E-state index contributed by atoms with van der Waals surface area (Å²) in [7, 11) is -1.83. The van der Waals surface area contributed by atoms with Crippen LogP contribution in [0.25, 0.3) is 0 Å². The number of carbonyl (C=O) groups is 2. The second kappa shape index (κ2) is 8.81. The predicted molar refractivity (Wildman–Crippen MR) is 103 cm³/mol. The van der Waals surface area contributed by atoms with Crippen molar-refractivity contribution >= 4 is 21.7 Å². The van der Waals surface area contributed by atoms with Crippen LogP contribution in [0.2, 0.25) is 0 Å². The molecule has 1 atom stereocenters. The van der Waals surface area contributed by atoms with E-state index in [-0.39, 0.29) is 18.1 Å². The second-order valence-electron chi connectivity index (χ2n) is 6.48. The number of hydrogen-bond acceptors (Lipinski definition) is 5. The van der Waals surface area contributed by atoms with Crippen LogP contribution in [-0.2, 0) is 25.1 Å². The lowest BCUT2D eigenvalue weighted by molar-refractivity contribution is -0.141. The van der Waals surface area contributed by atoms with E-state index < -0.39 is 21.8 Å². The summed E-state index contributed by atoms with van der Waals surface area (Å²) in [6.45, 7) is 1.95. The van der Waals surface area contributed by atoms with Crippen LogP contribution in [0.1, 0.15) is 39.5 Å². The summed E-state index contributed by atoms with van der Waals surface area (Å²) >= 11 is 0. The molecule has 2 rings (SSSR count). The summed E-state index contributed by atoms with van der Waals surface area (Å²) in [5.74, 6) is -0.858. The third kappa shape index (κ3) is 6.53. The molecule has 0 aliphatic rings. The van der Waals surface area contributed by atoms with Crippen molar-refractivity contribution in [2.45, 2.75) is 25.1 Å². The zero-order valence-corrected chi connectivity index (χ0v) is 16.4. The SMILES string of the molecule is COC(=O)CC(NC(=O)c1ccc(CS(C)(=O)=O)cc1)c1ccc(C)cc1. The minimum absolute atomic E-state index is 0.0114. The van der Waals surface area contributed by atoms with Gasteiger partial charge in [-0.15, -0.1) is 0 Å². The van der Waals surface area contributed by atoms with E-state index >= 15 is 0 Å². The molecule has 0 fully saturated rings. The Bertz CT molecular complexity index is 902. The number of carbonyl (C=O) groups excluding carboxylic acids is 2. The number of benzene rings is 2. The first-order valence-corrected chi connectivity index (χ1v) is 10.4. The number of esters is 1. The fourth-order valence-corrected chi connectivity index (χ4v) is 3.40. The van der Waals surface area contributed by atoms with E-state index in [1.165, 1.54) is 7.11 Å². The van der Waals surface area contributed by atoms with Crippen LogP contribution in [-0.4, -0.2) is 33.7 Å². The van der Waals surface area contributed by atoms with Crippen LogP contribution in [0.15, 0.2) is 48.5 Å². The van der Waals surface area contributed by atoms with E-state index in [9.17, 15) is 18.0 Å². The highest BCUT2D eigenvalue weighted by molar-refractivity contribution is 7.89. The van der Waals surface area contributed by atoms with Gasteiger partial charge in [-0.2, -0.15) is 0 Å². The fraction of sp³-hybridized carbons (Fsp3) is 0.300. The maximum Gasteiger partial charge on any atom is 0.307 e. The minimum Gasteiger partial charge on any atom is -0.469 e. The number of nitrogens with one attached hydrogen (secondary N) is 1. The van der Waals surface area contributed by atoms with Crippen LogP contribution in [0.3, 0.4) is 0 Å². The van der Waals surface area contributed by atoms with Gasteiger partial charge in [0.2, 0.25) is 0 Å². The molecule has 0 heterocycles. The number of amides is 1. The van der Waals surface area contributed by atoms with Crippen LogP contribution in [0.5, 0.6) is 0 Å². The Balaban J connectivity index is 2.17. The average molecular weight is 389 g/mol. The summed E-state index contributed by atoms with van der Waals surface area (Å²) < 4.78 is 27.4. The van der Waals surface area contributed by atoms with Crippen LogP contribution < -0.4 is 5.32 Å². The molecule has 144 valence electrons. The molecule has 0 spiro atoms. The fourth-order valence-electron chi connectivity index (χ4n) is 2.60. The highest BCUT2D eigenvalue weighted by Gasteiger charge is 2.20. The van der Waals surface area contributed by atoms with Gasteiger partial charge >= 0.3 is 5.97 Å². The lowest BCUT2D eigenvalue weighted by Gasteiger charge is -2.18. The van der Waals surface area contributed by atoms with Crippen molar-refractivity contribution in [3.05, 3.63) is 70.8 Å². The van der Waals surface area contributed by atoms with Crippen molar-refractivity contribution in [3.63, 3.8) is 0 Å². The highest BCUT2D eigenvalue weighted by atomic mass is 32.2. The lowest BCUT2D eigenvalue weighted by atomic mass is 10.0. The normalized spacial score (nSPS) is 12.3. The lowest BCUT2D eigenvalue weighted by Crippen LogP contribution is -2.30. The number of ether oxygens (including phenoxy) is 1. The Morgan fingerprint density at radius 2 is 1.63 bits per heavy atom. The molecule has 0 aromatic heterocycles. The Hall–Kier alpha value is -2.67. The van der Waals surface area contributed by atoms with Crippen molar-refractivity contribution in [1.29, 1.82) is 0 Å². The van der Waals surface area contributed by atoms with E-state index in [4.69, 9.17) is 4.74 Å². The quantitative estimate of drug-likeness (QED) is 0.735. The molecule has 0 saturated heterocycles. The molecular weight excluding hydrogens is 366 g/mol. The van der Waals surface area contributed by atoms with Gasteiger partial charge in [-0.25, -0.2) is 8.42 Å². The van der Waals surface area contributed by atoms with Gasteiger partial charge in [-0.3, -0.25) is 9.59 Å². The van der Waals surface area contributed by atoms with E-state index in [0.717, 1.165) is 17.4 Å². The zero-order valence-electron chi connectivity index (χ0n) is 15.6. The summed E-state index contributed by atoms with van der Waals surface area (Å²) in [6, 6.07) is 13.4. The van der Waals surface area contributed by atoms with Crippen LogP contribution in [0, 0.1) is 6.92 Å². The first-order chi connectivity index (χ1) is 12.7. The summed E-state index contributed by atoms with van der Waals surface area (Å²) in [5, 5.41) is 2.84. The van der Waals surface area contributed by atoms with Gasteiger partial charge in [0.15, 0.2) is 9.84 Å². The maximum atomic E-state index is 12.6. The monoisotopic (exact) mass is 389 g/mol. The maximum absolute atomic E-state index is 12.6. The molecule has 1 unspecified atom stereocenters. The van der Waals surface area contributed by atoms with Crippen molar-refractivity contribution in [1.82, 2.24) is 5.32 Å². The van der Waals surface area contributed by atoms with Crippen molar-refractivity contribution in [3.8, 4) is 0 Å². The Labute approximate surface area is 159 Å². The topological polar surface area (TPSA) is 89.5 Å². The van der Waals surface area contributed by atoms with Crippen LogP contribution in [0.4, 0.5) is 0 Å². The molecule has 27 heavy (non-hydrogen) atoms. The number of rotatable bonds is 7. The largest absolute Gasteiger partial charge is 0.469 e. The molecule has 1 N–H and O–H groups in total. The number of aryl methyl sites for hydroxylation is 1. The molecule has 2 aromatic carbocycles. The van der Waals surface area contributed by atoms with Gasteiger partial charge < -0.3 is 10.1 Å². The molecule has 0 aliphatic heterocycles. The minimum atomic E-state index is -3.14. The van der Waals surface area contributed by atoms with Gasteiger partial charge in [0, 0.05) is 11.8 Å². The summed E-state index contributed by atoms with van der Waals surface area (Å²) in [6.07, 6.45) is 1.17. The average Bonchev–Trinajstić information content (AvgIpc) is 2.61. The van der Waals surface area contributed by atoms with E-state index in [1.54, 1.807) is 24.3 Å². The van der Waals surface area contributed by atoms with E-state index in [0.29, 0.717) is 11.1 Å². The standard InChI is InChI=1S/C20H23NO5S/c1-14-4-8-16(9-5-14)18(12-19(22)26-2)21-20(23)17-10-6-15(7-11-17)13-27(3,24)25/h4-11,18H,12-13H2,1-3H3,(H,21,23). The number of methoxy groups -OCH3 is 1. The smallest absolute Gasteiger partial charge is 0.307 e. The molecular formula is C20H23NO5S. The number of sulfone groups is 1. The molecule has 0 bridgehead atoms. The van der Waals surface area contributed by atoms with E-state index in [1.807, 2.05) is 31.2 Å². The number of hydrogen-bond donors (Lipinski definition) is 1. The summed E-state index contributed by atoms with van der Waals surface area (Å²) in [5.41, 5.74) is 2.87. The van der Waals surface area contributed by atoms with E-state index in [2.05, 4.69) is 5.32 Å². The van der Waals surface area contributed by atoms with Crippen LogP contribution >= 0.6 is 0 Å². The third-order valence-corrected chi connectivity index (χ3v) is 4.89. The van der Waals surface area contributed by atoms with Gasteiger partial charge in [0.1, 0.15) is 0 Å². The first kappa shape index (κ1) is 20.6. The zero-order chi connectivity index (χ0) is 20.0. The molecule has 0 saturated carbocycles. The first-order valence-electron chi connectivity index (χ1n) is 8.39.